The molecule has 1 fully saturated rings. The lowest BCUT2D eigenvalue weighted by atomic mass is 10.0. The maximum Gasteiger partial charge on any atom is 0.325 e. The number of hydrogen-bond donors (Lipinski definition) is 3. The fourth-order valence-electron chi connectivity index (χ4n) is 2.16. The average molecular weight is 284 g/mol. The lowest BCUT2D eigenvalue weighted by Crippen LogP contribution is -2.51. The molecular weight excluding hydrogens is 260 g/mol. The van der Waals surface area contributed by atoms with Gasteiger partial charge in [0, 0.05) is 12.6 Å². The third kappa shape index (κ3) is 3.69. The summed E-state index contributed by atoms with van der Waals surface area (Å²) in [6.07, 6.45) is 0.775. The largest absolute Gasteiger partial charge is 0.351 e. The molecule has 7 heteroatoms. The minimum atomic E-state index is -1.01. The van der Waals surface area contributed by atoms with Crippen molar-refractivity contribution < 1.29 is 14.4 Å². The first kappa shape index (κ1) is 16.4. The van der Waals surface area contributed by atoms with Gasteiger partial charge in [-0.3, -0.25) is 14.9 Å². The molecule has 1 atom stereocenters. The van der Waals surface area contributed by atoms with E-state index in [2.05, 4.69) is 10.6 Å². The molecule has 4 amide bonds. The molecule has 0 aromatic carbocycles. The third-order valence-corrected chi connectivity index (χ3v) is 3.40. The van der Waals surface area contributed by atoms with E-state index in [0.717, 1.165) is 6.42 Å². The van der Waals surface area contributed by atoms with Gasteiger partial charge in [-0.05, 0) is 26.2 Å². The molecule has 1 saturated heterocycles. The minimum Gasteiger partial charge on any atom is -0.351 e. The van der Waals surface area contributed by atoms with Gasteiger partial charge in [-0.2, -0.15) is 0 Å². The summed E-state index contributed by atoms with van der Waals surface area (Å²) >= 11 is 0. The van der Waals surface area contributed by atoms with Crippen LogP contribution in [0, 0.1) is 5.92 Å². The van der Waals surface area contributed by atoms with Crippen molar-refractivity contribution in [2.45, 2.75) is 45.7 Å². The zero-order chi connectivity index (χ0) is 15.5. The quantitative estimate of drug-likeness (QED) is 0.588. The van der Waals surface area contributed by atoms with Crippen molar-refractivity contribution >= 4 is 17.8 Å². The Morgan fingerprint density at radius 2 is 2.00 bits per heavy atom. The molecule has 0 saturated carbocycles. The maximum atomic E-state index is 12.0. The van der Waals surface area contributed by atoms with Crippen LogP contribution in [-0.2, 0) is 9.59 Å². The van der Waals surface area contributed by atoms with Crippen molar-refractivity contribution in [3.8, 4) is 0 Å². The highest BCUT2D eigenvalue weighted by Crippen LogP contribution is 2.20. The van der Waals surface area contributed by atoms with Crippen molar-refractivity contribution in [3.63, 3.8) is 0 Å². The van der Waals surface area contributed by atoms with Crippen molar-refractivity contribution in [2.75, 3.05) is 13.1 Å². The minimum absolute atomic E-state index is 0.119. The first-order valence-electron chi connectivity index (χ1n) is 6.81. The van der Waals surface area contributed by atoms with Crippen LogP contribution in [0.2, 0.25) is 0 Å². The molecule has 1 unspecified atom stereocenters. The van der Waals surface area contributed by atoms with E-state index in [9.17, 15) is 14.4 Å². The summed E-state index contributed by atoms with van der Waals surface area (Å²) in [5.41, 5.74) is 4.61. The molecule has 0 aliphatic carbocycles. The number of rotatable bonds is 6. The average Bonchev–Trinajstić information content (AvgIpc) is 2.50. The van der Waals surface area contributed by atoms with E-state index in [1.165, 1.54) is 4.90 Å². The van der Waals surface area contributed by atoms with Gasteiger partial charge in [-0.1, -0.05) is 13.8 Å². The summed E-state index contributed by atoms with van der Waals surface area (Å²) in [6.45, 7) is 7.50. The number of imide groups is 1. The Morgan fingerprint density at radius 1 is 1.40 bits per heavy atom. The van der Waals surface area contributed by atoms with Crippen LogP contribution in [-0.4, -0.2) is 47.4 Å². The number of nitrogens with two attached hydrogens (primary N) is 1. The molecule has 1 aliphatic heterocycles. The second-order valence-electron chi connectivity index (χ2n) is 6.03. The Labute approximate surface area is 119 Å². The number of amides is 4. The Kier molecular flexibility index (Phi) is 5.10. The van der Waals surface area contributed by atoms with Crippen molar-refractivity contribution in [1.29, 1.82) is 0 Å². The van der Waals surface area contributed by atoms with Gasteiger partial charge in [0.25, 0.3) is 5.91 Å². The number of nitrogens with one attached hydrogen (secondary N) is 2. The number of hydrogen-bond acceptors (Lipinski definition) is 4. The molecule has 7 nitrogen and oxygen atoms in total. The smallest absolute Gasteiger partial charge is 0.325 e. The van der Waals surface area contributed by atoms with Crippen LogP contribution < -0.4 is 16.4 Å². The number of urea groups is 1. The second-order valence-corrected chi connectivity index (χ2v) is 6.03. The Hall–Kier alpha value is -1.63. The fourth-order valence-corrected chi connectivity index (χ4v) is 2.16. The molecule has 0 radical (unpaired) electrons. The molecular formula is C13H24N4O3. The molecule has 0 aromatic rings. The SMILES string of the molecule is CC(C)CC(CN)NC(=O)CN1C(=O)NC(=O)C1(C)C. The van der Waals surface area contributed by atoms with Gasteiger partial charge in [0.1, 0.15) is 12.1 Å². The predicted molar refractivity (Wildman–Crippen MR) is 74.8 cm³/mol. The fraction of sp³-hybridized carbons (Fsp3) is 0.769. The molecule has 20 heavy (non-hydrogen) atoms. The standard InChI is InChI=1S/C13H24N4O3/c1-8(2)5-9(6-14)15-10(18)7-17-12(20)16-11(19)13(17,3)4/h8-9H,5-7,14H2,1-4H3,(H,15,18)(H,16,19,20). The molecule has 0 spiro atoms. The van der Waals surface area contributed by atoms with Gasteiger partial charge in [-0.15, -0.1) is 0 Å². The highest BCUT2D eigenvalue weighted by Gasteiger charge is 2.46. The van der Waals surface area contributed by atoms with Gasteiger partial charge >= 0.3 is 6.03 Å². The van der Waals surface area contributed by atoms with Crippen LogP contribution in [0.15, 0.2) is 0 Å². The van der Waals surface area contributed by atoms with Crippen molar-refractivity contribution in [1.82, 2.24) is 15.5 Å². The maximum absolute atomic E-state index is 12.0. The Bertz CT molecular complexity index is 406. The van der Waals surface area contributed by atoms with E-state index >= 15 is 0 Å². The third-order valence-electron chi connectivity index (χ3n) is 3.40. The topological polar surface area (TPSA) is 105 Å². The number of carbonyl (C=O) groups excluding carboxylic acids is 3. The zero-order valence-electron chi connectivity index (χ0n) is 12.5. The van der Waals surface area contributed by atoms with Crippen LogP contribution in [0.1, 0.15) is 34.1 Å². The lowest BCUT2D eigenvalue weighted by molar-refractivity contribution is -0.127. The van der Waals surface area contributed by atoms with E-state index in [1.807, 2.05) is 13.8 Å². The molecule has 0 bridgehead atoms. The highest BCUT2D eigenvalue weighted by molar-refractivity contribution is 6.07. The molecule has 1 aliphatic rings. The van der Waals surface area contributed by atoms with Gasteiger partial charge in [0.15, 0.2) is 0 Å². The van der Waals surface area contributed by atoms with Crippen LogP contribution in [0.4, 0.5) is 4.79 Å². The predicted octanol–water partition coefficient (Wildman–Crippen LogP) is -0.194. The molecule has 1 heterocycles. The highest BCUT2D eigenvalue weighted by atomic mass is 16.2. The first-order valence-corrected chi connectivity index (χ1v) is 6.81. The first-order chi connectivity index (χ1) is 9.18. The van der Waals surface area contributed by atoms with Gasteiger partial charge in [0.05, 0.1) is 0 Å². The molecule has 4 N–H and O–H groups in total. The van der Waals surface area contributed by atoms with Gasteiger partial charge in [0.2, 0.25) is 5.91 Å². The van der Waals surface area contributed by atoms with E-state index in [0.29, 0.717) is 12.5 Å². The molecule has 114 valence electrons. The summed E-state index contributed by atoms with van der Waals surface area (Å²) in [5.74, 6) is -0.288. The van der Waals surface area contributed by atoms with Crippen LogP contribution in [0.5, 0.6) is 0 Å². The van der Waals surface area contributed by atoms with E-state index in [4.69, 9.17) is 5.73 Å². The van der Waals surface area contributed by atoms with Crippen molar-refractivity contribution in [3.05, 3.63) is 0 Å². The lowest BCUT2D eigenvalue weighted by Gasteiger charge is -2.28. The van der Waals surface area contributed by atoms with E-state index < -0.39 is 17.5 Å². The van der Waals surface area contributed by atoms with Gasteiger partial charge < -0.3 is 16.0 Å². The monoisotopic (exact) mass is 284 g/mol. The van der Waals surface area contributed by atoms with Gasteiger partial charge in [-0.25, -0.2) is 4.79 Å². The zero-order valence-corrected chi connectivity index (χ0v) is 12.5. The second kappa shape index (κ2) is 6.21. The van der Waals surface area contributed by atoms with Crippen LogP contribution in [0.3, 0.4) is 0 Å². The van der Waals surface area contributed by atoms with Crippen molar-refractivity contribution in [2.24, 2.45) is 11.7 Å². The van der Waals surface area contributed by atoms with Crippen LogP contribution >= 0.6 is 0 Å². The summed E-state index contributed by atoms with van der Waals surface area (Å²) in [5, 5.41) is 5.01. The number of carbonyl (C=O) groups is 3. The summed E-state index contributed by atoms with van der Waals surface area (Å²) in [6, 6.07) is -0.657. The summed E-state index contributed by atoms with van der Waals surface area (Å²) < 4.78 is 0. The van der Waals surface area contributed by atoms with E-state index in [-0.39, 0.29) is 18.5 Å². The van der Waals surface area contributed by atoms with E-state index in [1.54, 1.807) is 13.8 Å². The normalized spacial score (nSPS) is 19.2. The number of nitrogens with zero attached hydrogens (tertiary/aromatic N) is 1. The summed E-state index contributed by atoms with van der Waals surface area (Å²) in [7, 11) is 0. The molecule has 1 rings (SSSR count). The van der Waals surface area contributed by atoms with Crippen LogP contribution in [0.25, 0.3) is 0 Å². The molecule has 0 aromatic heterocycles. The Balaban J connectivity index is 2.62. The summed E-state index contributed by atoms with van der Waals surface area (Å²) in [4.78, 5) is 36.5. The Morgan fingerprint density at radius 3 is 2.40 bits per heavy atom.